The molecule has 4 rings (SSSR count). The van der Waals surface area contributed by atoms with Crippen molar-refractivity contribution in [1.82, 2.24) is 20.9 Å². The molecule has 2 aliphatic heterocycles. The third-order valence-corrected chi connectivity index (χ3v) is 7.89. The number of carbonyl (C=O) groups excluding carboxylic acids is 4. The van der Waals surface area contributed by atoms with Crippen molar-refractivity contribution in [2.24, 2.45) is 0 Å². The van der Waals surface area contributed by atoms with Gasteiger partial charge in [-0.1, -0.05) is 17.7 Å². The predicted octanol–water partition coefficient (Wildman–Crippen LogP) is 0.608. The molecular formula is C30H42N4O8. The number of phenolic OH excluding ortho intramolecular Hbond substituents is 1. The maximum atomic E-state index is 13.7. The van der Waals surface area contributed by atoms with Gasteiger partial charge in [0.2, 0.25) is 17.7 Å². The van der Waals surface area contributed by atoms with E-state index in [1.165, 1.54) is 13.2 Å². The number of morpholine rings is 1. The van der Waals surface area contributed by atoms with Gasteiger partial charge in [0.05, 0.1) is 39.5 Å². The molecule has 230 valence electrons. The molecule has 2 heterocycles. The molecule has 2 saturated heterocycles. The van der Waals surface area contributed by atoms with E-state index < -0.39 is 35.5 Å². The van der Waals surface area contributed by atoms with Crippen molar-refractivity contribution in [3.63, 3.8) is 0 Å². The first-order chi connectivity index (χ1) is 20.1. The summed E-state index contributed by atoms with van der Waals surface area (Å²) in [5, 5.41) is 18.6. The van der Waals surface area contributed by atoms with Crippen molar-refractivity contribution in [1.29, 1.82) is 0 Å². The van der Waals surface area contributed by atoms with Crippen LogP contribution in [0.3, 0.4) is 0 Å². The Morgan fingerprint density at radius 1 is 1.07 bits per heavy atom. The number of rotatable bonds is 14. The Morgan fingerprint density at radius 3 is 2.40 bits per heavy atom. The minimum Gasteiger partial charge on any atom is -0.504 e. The second kappa shape index (κ2) is 14.1. The Bertz CT molecular complexity index is 1190. The van der Waals surface area contributed by atoms with Crippen LogP contribution in [-0.4, -0.2) is 104 Å². The Kier molecular flexibility index (Phi) is 10.6. The highest BCUT2D eigenvalue weighted by Crippen LogP contribution is 2.31. The molecule has 0 unspecified atom stereocenters. The number of amides is 3. The lowest BCUT2D eigenvalue weighted by Gasteiger charge is -2.27. The van der Waals surface area contributed by atoms with Crippen LogP contribution in [0.4, 0.5) is 0 Å². The fraction of sp³-hybridized carbons (Fsp3) is 0.600. The van der Waals surface area contributed by atoms with Gasteiger partial charge in [-0.2, -0.15) is 0 Å². The molecular weight excluding hydrogens is 544 g/mol. The Morgan fingerprint density at radius 2 is 1.79 bits per heavy atom. The van der Waals surface area contributed by atoms with Crippen LogP contribution in [0.15, 0.2) is 29.8 Å². The summed E-state index contributed by atoms with van der Waals surface area (Å²) in [6.45, 7) is 6.04. The first kappa shape index (κ1) is 31.5. The molecule has 3 amide bonds. The average Bonchev–Trinajstić information content (AvgIpc) is 3.50. The van der Waals surface area contributed by atoms with Crippen LogP contribution in [0, 0.1) is 0 Å². The quantitative estimate of drug-likeness (QED) is 0.181. The summed E-state index contributed by atoms with van der Waals surface area (Å²) in [6.07, 6.45) is 5.31. The van der Waals surface area contributed by atoms with Gasteiger partial charge in [0, 0.05) is 19.5 Å². The van der Waals surface area contributed by atoms with E-state index in [0.29, 0.717) is 44.9 Å². The molecule has 0 aromatic heterocycles. The topological polar surface area (TPSA) is 159 Å². The molecule has 4 atom stereocenters. The van der Waals surface area contributed by atoms with Gasteiger partial charge < -0.3 is 35.3 Å². The second-order valence-corrected chi connectivity index (χ2v) is 11.4. The second-order valence-electron chi connectivity index (χ2n) is 11.4. The van der Waals surface area contributed by atoms with E-state index in [0.717, 1.165) is 24.8 Å². The van der Waals surface area contributed by atoms with Gasteiger partial charge in [0.15, 0.2) is 17.3 Å². The van der Waals surface area contributed by atoms with Crippen molar-refractivity contribution >= 4 is 23.5 Å². The lowest BCUT2D eigenvalue weighted by Crippen LogP contribution is -2.57. The van der Waals surface area contributed by atoms with Crippen LogP contribution in [0.5, 0.6) is 11.5 Å². The highest BCUT2D eigenvalue weighted by Gasteiger charge is 2.50. The minimum atomic E-state index is -1.09. The van der Waals surface area contributed by atoms with Crippen molar-refractivity contribution in [2.75, 3.05) is 46.6 Å². The van der Waals surface area contributed by atoms with Crippen LogP contribution >= 0.6 is 0 Å². The number of hydrogen-bond donors (Lipinski definition) is 4. The number of ether oxygens (including phenoxy) is 3. The number of ketones is 1. The minimum absolute atomic E-state index is 0.0287. The fourth-order valence-electron chi connectivity index (χ4n) is 5.20. The largest absolute Gasteiger partial charge is 0.504 e. The molecule has 42 heavy (non-hydrogen) atoms. The van der Waals surface area contributed by atoms with Crippen LogP contribution < -0.4 is 20.7 Å². The summed E-state index contributed by atoms with van der Waals surface area (Å²) in [6, 6.07) is 1.89. The van der Waals surface area contributed by atoms with Gasteiger partial charge in [0.25, 0.3) is 0 Å². The summed E-state index contributed by atoms with van der Waals surface area (Å²) in [7, 11) is 1.43. The number of nitrogens with zero attached hydrogens (tertiary/aromatic N) is 1. The number of epoxide rings is 1. The van der Waals surface area contributed by atoms with Crippen LogP contribution in [0.25, 0.3) is 0 Å². The zero-order chi connectivity index (χ0) is 30.3. The summed E-state index contributed by atoms with van der Waals surface area (Å²) >= 11 is 0. The maximum absolute atomic E-state index is 13.7. The van der Waals surface area contributed by atoms with E-state index in [4.69, 9.17) is 14.2 Å². The van der Waals surface area contributed by atoms with Crippen LogP contribution in [0.2, 0.25) is 0 Å². The predicted molar refractivity (Wildman–Crippen MR) is 153 cm³/mol. The van der Waals surface area contributed by atoms with E-state index in [-0.39, 0.29) is 36.2 Å². The van der Waals surface area contributed by atoms with Crippen molar-refractivity contribution < 1.29 is 38.5 Å². The third kappa shape index (κ3) is 8.52. The number of benzene rings is 1. The molecule has 0 bridgehead atoms. The lowest BCUT2D eigenvalue weighted by molar-refractivity contribution is -0.134. The molecule has 12 heteroatoms. The molecule has 0 radical (unpaired) electrons. The lowest BCUT2D eigenvalue weighted by atomic mass is 9.94. The van der Waals surface area contributed by atoms with Gasteiger partial charge in [-0.25, -0.2) is 0 Å². The number of methoxy groups -OCH3 is 1. The van der Waals surface area contributed by atoms with E-state index in [2.05, 4.69) is 22.0 Å². The SMILES string of the molecule is COc1ccc(C[C@H](NC(=O)[C@H](C)NC(=O)CN2CCOCC2)C(=O)N[C@@H](CC2=CCCC2)C(=O)[C@]2(C)CO2)cc1O. The number of nitrogens with one attached hydrogen (secondary N) is 3. The smallest absolute Gasteiger partial charge is 0.243 e. The van der Waals surface area contributed by atoms with Crippen molar-refractivity contribution in [3.05, 3.63) is 35.4 Å². The van der Waals surface area contributed by atoms with Gasteiger partial charge in [-0.05, 0) is 57.2 Å². The molecule has 0 spiro atoms. The number of aromatic hydroxyl groups is 1. The average molecular weight is 587 g/mol. The fourth-order valence-corrected chi connectivity index (χ4v) is 5.20. The summed E-state index contributed by atoms with van der Waals surface area (Å²) < 4.78 is 15.8. The van der Waals surface area contributed by atoms with E-state index in [1.807, 2.05) is 4.90 Å². The molecule has 1 aromatic rings. The summed E-state index contributed by atoms with van der Waals surface area (Å²) in [5.74, 6) is -1.46. The summed E-state index contributed by atoms with van der Waals surface area (Å²) in [5.41, 5.74) is 0.739. The molecule has 12 nitrogen and oxygen atoms in total. The van der Waals surface area contributed by atoms with Crippen molar-refractivity contribution in [2.45, 2.75) is 69.7 Å². The number of Topliss-reactive ketones (excluding diaryl/α,β-unsaturated/α-hetero) is 1. The van der Waals surface area contributed by atoms with E-state index in [1.54, 1.807) is 26.0 Å². The molecule has 1 aliphatic carbocycles. The Labute approximate surface area is 246 Å². The van der Waals surface area contributed by atoms with Gasteiger partial charge in [-0.15, -0.1) is 0 Å². The Balaban J connectivity index is 1.46. The van der Waals surface area contributed by atoms with Gasteiger partial charge in [0.1, 0.15) is 17.7 Å². The molecule has 0 saturated carbocycles. The third-order valence-electron chi connectivity index (χ3n) is 7.89. The molecule has 4 N–H and O–H groups in total. The van der Waals surface area contributed by atoms with Crippen LogP contribution in [0.1, 0.15) is 45.1 Å². The monoisotopic (exact) mass is 586 g/mol. The number of phenols is 1. The number of allylic oxidation sites excluding steroid dienone is 1. The molecule has 2 fully saturated rings. The van der Waals surface area contributed by atoms with Crippen molar-refractivity contribution in [3.8, 4) is 11.5 Å². The standard InChI is InChI=1S/C30H42N4O8/c1-19(31-26(36)17-34-10-12-41-13-11-34)28(38)33-23(15-21-8-9-25(40-3)24(35)16-21)29(39)32-22(14-20-6-4-5-7-20)27(37)30(2)18-42-30/h6,8-9,16,19,22-23,35H,4-5,7,10-15,17-18H2,1-3H3,(H,31,36)(H,32,39)(H,33,38)/t19-,22-,23-,30-/m0/s1. The zero-order valence-electron chi connectivity index (χ0n) is 24.6. The Hall–Kier alpha value is -3.48. The normalized spacial score (nSPS) is 22.3. The van der Waals surface area contributed by atoms with E-state index in [9.17, 15) is 24.3 Å². The molecule has 3 aliphatic rings. The first-order valence-corrected chi connectivity index (χ1v) is 14.5. The number of hydrogen-bond acceptors (Lipinski definition) is 9. The highest BCUT2D eigenvalue weighted by atomic mass is 16.6. The van der Waals surface area contributed by atoms with Gasteiger partial charge in [-0.3, -0.25) is 24.1 Å². The van der Waals surface area contributed by atoms with E-state index >= 15 is 0 Å². The first-order valence-electron chi connectivity index (χ1n) is 14.5. The number of carbonyl (C=O) groups is 4. The summed E-state index contributed by atoms with van der Waals surface area (Å²) in [4.78, 5) is 54.7. The molecule has 1 aromatic carbocycles. The highest BCUT2D eigenvalue weighted by molar-refractivity contribution is 5.98. The van der Waals surface area contributed by atoms with Crippen LogP contribution in [-0.2, 0) is 35.1 Å². The zero-order valence-corrected chi connectivity index (χ0v) is 24.6. The maximum Gasteiger partial charge on any atom is 0.243 e. The van der Waals surface area contributed by atoms with Gasteiger partial charge >= 0.3 is 0 Å².